The fraction of sp³-hybridized carbons (Fsp3) is 0.526. The van der Waals surface area contributed by atoms with Crippen LogP contribution in [-0.4, -0.2) is 103 Å². The molecule has 0 saturated carbocycles. The summed E-state index contributed by atoms with van der Waals surface area (Å²) in [5, 5.41) is 25.9. The summed E-state index contributed by atoms with van der Waals surface area (Å²) < 4.78 is 50.7. The number of nitrogens with two attached hydrogens (primary N) is 2. The molecule has 4 aliphatic rings. The molecule has 0 aromatic carbocycles. The Kier molecular flexibility index (Phi) is 9.44. The highest BCUT2D eigenvalue weighted by Gasteiger charge is 2.47. The number of guanidine groups is 1. The molecular formula is C19H26N8O13P2S2. The van der Waals surface area contributed by atoms with E-state index in [1.807, 2.05) is 0 Å². The lowest BCUT2D eigenvalue weighted by molar-refractivity contribution is -0.121. The van der Waals surface area contributed by atoms with Crippen molar-refractivity contribution < 1.29 is 56.8 Å². The number of phosphoric ester groups is 2. The first-order chi connectivity index (χ1) is 20.5. The molecule has 0 radical (unpaired) electrons. The summed E-state index contributed by atoms with van der Waals surface area (Å²) in [6.07, 6.45) is -7.43. The molecule has 5 rings (SSSR count). The first-order valence-electron chi connectivity index (χ1n) is 12.3. The molecule has 1 aromatic heterocycles. The van der Waals surface area contributed by atoms with E-state index >= 15 is 0 Å². The van der Waals surface area contributed by atoms with Gasteiger partial charge in [-0.25, -0.2) is 18.9 Å². The Balaban J connectivity index is 1.18. The van der Waals surface area contributed by atoms with Crippen molar-refractivity contribution >= 4 is 64.4 Å². The zero-order valence-electron chi connectivity index (χ0n) is 21.9. The average molecular weight is 701 g/mol. The molecular weight excluding hydrogens is 674 g/mol. The van der Waals surface area contributed by atoms with Crippen LogP contribution in [0.1, 0.15) is 6.23 Å². The van der Waals surface area contributed by atoms with Crippen molar-refractivity contribution in [3.63, 3.8) is 0 Å². The van der Waals surface area contributed by atoms with Gasteiger partial charge < -0.3 is 40.9 Å². The third-order valence-corrected chi connectivity index (χ3v) is 10.3. The van der Waals surface area contributed by atoms with Crippen LogP contribution in [-0.2, 0) is 36.8 Å². The molecule has 1 amide bonds. The molecule has 10 unspecified atom stereocenters. The topological polar surface area (TPSA) is 314 Å². The van der Waals surface area contributed by atoms with Crippen LogP contribution in [0.4, 0.5) is 5.82 Å². The Bertz CT molecular complexity index is 1590. The number of carbonyl (C=O) groups is 1. The Morgan fingerprint density at radius 2 is 1.73 bits per heavy atom. The van der Waals surface area contributed by atoms with Gasteiger partial charge in [-0.3, -0.25) is 29.0 Å². The van der Waals surface area contributed by atoms with Crippen LogP contribution >= 0.6 is 40.9 Å². The van der Waals surface area contributed by atoms with Crippen LogP contribution in [0.25, 0.3) is 0 Å². The van der Waals surface area contributed by atoms with E-state index in [0.717, 1.165) is 10.8 Å². The molecule has 0 bridgehead atoms. The number of nitrogens with zero attached hydrogens (tertiary/aromatic N) is 4. The lowest BCUT2D eigenvalue weighted by atomic mass is 10.0. The average Bonchev–Trinajstić information content (AvgIpc) is 3.20. The van der Waals surface area contributed by atoms with Crippen LogP contribution in [0, 0.1) is 0 Å². The maximum absolute atomic E-state index is 12.5. The normalized spacial score (nSPS) is 34.6. The number of fused-ring (bicyclic) bond motifs is 2. The van der Waals surface area contributed by atoms with E-state index in [-0.39, 0.29) is 27.4 Å². The molecule has 25 heteroatoms. The molecule has 0 aliphatic carbocycles. The second kappa shape index (κ2) is 12.5. The van der Waals surface area contributed by atoms with E-state index in [2.05, 4.69) is 59.7 Å². The Hall–Kier alpha value is -2.21. The van der Waals surface area contributed by atoms with Gasteiger partial charge in [0.25, 0.3) is 5.91 Å². The number of nitrogens with one attached hydrogen (secondary N) is 2. The summed E-state index contributed by atoms with van der Waals surface area (Å²) in [4.78, 5) is 56.5. The summed E-state index contributed by atoms with van der Waals surface area (Å²) in [6, 6.07) is -0.463. The quantitative estimate of drug-likeness (QED) is 0.0890. The van der Waals surface area contributed by atoms with Gasteiger partial charge in [-0.05, 0) is 6.07 Å². The number of rotatable bonds is 9. The van der Waals surface area contributed by atoms with E-state index in [1.165, 1.54) is 6.07 Å². The van der Waals surface area contributed by atoms with Crippen LogP contribution in [0.2, 0.25) is 0 Å². The predicted octanol–water partition coefficient (Wildman–Crippen LogP) is -3.33. The number of aliphatic hydroxyl groups is 2. The Morgan fingerprint density at radius 1 is 1.05 bits per heavy atom. The Labute approximate surface area is 257 Å². The van der Waals surface area contributed by atoms with E-state index in [9.17, 15) is 38.7 Å². The Morgan fingerprint density at radius 3 is 2.41 bits per heavy atom. The number of hydrogen-bond acceptors (Lipinski definition) is 19. The van der Waals surface area contributed by atoms with Crippen molar-refractivity contribution in [1.29, 1.82) is 0 Å². The van der Waals surface area contributed by atoms with E-state index in [1.54, 1.807) is 0 Å². The second-order valence-electron chi connectivity index (χ2n) is 9.54. The molecule has 242 valence electrons. The van der Waals surface area contributed by atoms with E-state index < -0.39 is 89.4 Å². The zero-order chi connectivity index (χ0) is 32.1. The van der Waals surface area contributed by atoms with Crippen molar-refractivity contribution in [3.8, 4) is 0 Å². The van der Waals surface area contributed by atoms with Gasteiger partial charge >= 0.3 is 21.3 Å². The van der Waals surface area contributed by atoms with E-state index in [0.29, 0.717) is 0 Å². The summed E-state index contributed by atoms with van der Waals surface area (Å²) in [7, 11) is -10.7. The highest BCUT2D eigenvalue weighted by molar-refractivity contribution is 7.88. The van der Waals surface area contributed by atoms with Crippen LogP contribution < -0.4 is 27.8 Å². The fourth-order valence-corrected chi connectivity index (χ4v) is 7.17. The van der Waals surface area contributed by atoms with Crippen LogP contribution in [0.15, 0.2) is 36.9 Å². The monoisotopic (exact) mass is 700 g/mol. The maximum Gasteiger partial charge on any atom is 0.481 e. The minimum absolute atomic E-state index is 0.0258. The first kappa shape index (κ1) is 33.2. The van der Waals surface area contributed by atoms with Gasteiger partial charge in [0.05, 0.1) is 19.3 Å². The van der Waals surface area contributed by atoms with Gasteiger partial charge in [0.15, 0.2) is 18.3 Å². The number of amidine groups is 1. The molecule has 10 N–H and O–H groups in total. The second-order valence-corrected chi connectivity index (χ2v) is 13.5. The third kappa shape index (κ3) is 6.95. The largest absolute Gasteiger partial charge is 0.481 e. The highest BCUT2D eigenvalue weighted by Crippen LogP contribution is 2.60. The number of anilines is 1. The number of nitrogen functional groups attached to an aromatic ring is 1. The molecule has 0 spiro atoms. The highest BCUT2D eigenvalue weighted by atomic mass is 32.1. The lowest BCUT2D eigenvalue weighted by Crippen LogP contribution is -2.64. The molecule has 44 heavy (non-hydrogen) atoms. The zero-order valence-corrected chi connectivity index (χ0v) is 25.5. The number of phosphoric acid groups is 2. The number of hydrogen-bond donors (Lipinski definition) is 10. The number of aromatic nitrogens is 2. The van der Waals surface area contributed by atoms with Crippen LogP contribution in [0.5, 0.6) is 0 Å². The van der Waals surface area contributed by atoms with Gasteiger partial charge in [-0.2, -0.15) is 14.3 Å². The van der Waals surface area contributed by atoms with Crippen molar-refractivity contribution in [2.45, 2.75) is 49.0 Å². The molecule has 5 heterocycles. The molecule has 21 nitrogen and oxygen atoms in total. The summed E-state index contributed by atoms with van der Waals surface area (Å²) in [6.45, 7) is -1.68. The number of thiol groups is 2. The number of ether oxygens (including phenoxy) is 2. The van der Waals surface area contributed by atoms with Crippen molar-refractivity contribution in [3.05, 3.63) is 32.6 Å². The van der Waals surface area contributed by atoms with Gasteiger partial charge in [0, 0.05) is 16.0 Å². The minimum atomic E-state index is -5.36. The molecule has 1 saturated heterocycles. The van der Waals surface area contributed by atoms with Gasteiger partial charge in [-0.15, -0.1) is 25.3 Å². The molecule has 1 aromatic rings. The third-order valence-electron chi connectivity index (χ3n) is 6.52. The predicted molar refractivity (Wildman–Crippen MR) is 153 cm³/mol. The summed E-state index contributed by atoms with van der Waals surface area (Å²) >= 11 is 8.71. The molecule has 10 atom stereocenters. The SMILES string of the molecule is NC1=NC2=NC3OC(COP(=O)(O)OP(=O)(O)OCC4OC(n5ccc(N)nc5=O)C(O)C4O)C(S)=C(S)C3NC2C(=O)N1. The van der Waals surface area contributed by atoms with Gasteiger partial charge in [0.1, 0.15) is 36.3 Å². The standard InChI is InChI=1S/C19H26N8O13P2S2/c20-7-1-2-27(19(31)22-7)17-11(29)10(28)5(39-17)3-36-41(32,33)40-42(34,35)37-4-6-12(43)13(44)8-16(38-6)24-14-9(23-8)15(30)26-18(21)25-14/h1-2,5-6,8-11,16-17,23,28-29,43-44H,3-4H2,(H,32,33)(H,34,35)(H2,20,22,31)(H3,21,24,25,26,30). The summed E-state index contributed by atoms with van der Waals surface area (Å²) in [5.41, 5.74) is 10.1. The van der Waals surface area contributed by atoms with Crippen LogP contribution in [0.3, 0.4) is 0 Å². The molecule has 1 fully saturated rings. The number of aliphatic imine (C=N–C) groups is 2. The van der Waals surface area contributed by atoms with Crippen molar-refractivity contribution in [2.75, 3.05) is 18.9 Å². The number of amides is 1. The maximum atomic E-state index is 12.5. The first-order valence-corrected chi connectivity index (χ1v) is 16.2. The fourth-order valence-electron chi connectivity index (χ4n) is 4.47. The van der Waals surface area contributed by atoms with Gasteiger partial charge in [0.2, 0.25) is 5.96 Å². The van der Waals surface area contributed by atoms with Gasteiger partial charge in [-0.1, -0.05) is 0 Å². The number of carbonyl (C=O) groups excluding carboxylic acids is 1. The van der Waals surface area contributed by atoms with E-state index in [4.69, 9.17) is 25.5 Å². The lowest BCUT2D eigenvalue weighted by Gasteiger charge is -2.40. The van der Waals surface area contributed by atoms with Crippen molar-refractivity contribution in [1.82, 2.24) is 20.2 Å². The summed E-state index contributed by atoms with van der Waals surface area (Å²) in [5.74, 6) is -0.756. The van der Waals surface area contributed by atoms with Crippen molar-refractivity contribution in [2.24, 2.45) is 15.7 Å². The molecule has 4 aliphatic heterocycles. The number of aliphatic hydroxyl groups excluding tert-OH is 2. The minimum Gasteiger partial charge on any atom is -0.387 e. The smallest absolute Gasteiger partial charge is 0.387 e.